The highest BCUT2D eigenvalue weighted by Gasteiger charge is 2.71. The number of aliphatic hydroxyl groups excluding tert-OH is 4. The minimum absolute atomic E-state index is 0.0283. The zero-order valence-corrected chi connectivity index (χ0v) is 22.9. The summed E-state index contributed by atoms with van der Waals surface area (Å²) in [5, 5.41) is 64.6. The lowest BCUT2D eigenvalue weighted by Gasteiger charge is -2.65. The van der Waals surface area contributed by atoms with Gasteiger partial charge in [-0.1, -0.05) is 6.92 Å². The summed E-state index contributed by atoms with van der Waals surface area (Å²) < 4.78 is 16.7. The summed E-state index contributed by atoms with van der Waals surface area (Å²) in [6.07, 6.45) is -0.809. The molecule has 224 valence electrons. The van der Waals surface area contributed by atoms with Crippen LogP contribution in [0.4, 0.5) is 0 Å². The highest BCUT2D eigenvalue weighted by Crippen LogP contribution is 2.70. The number of rotatable bonds is 5. The monoisotopic (exact) mass is 566 g/mol. The number of carbonyl (C=O) groups is 2. The van der Waals surface area contributed by atoms with Crippen molar-refractivity contribution in [2.75, 3.05) is 13.2 Å². The molecule has 13 unspecified atom stereocenters. The van der Waals surface area contributed by atoms with Gasteiger partial charge in [-0.3, -0.25) is 0 Å². The molecule has 4 aliphatic carbocycles. The van der Waals surface area contributed by atoms with E-state index < -0.39 is 65.4 Å². The van der Waals surface area contributed by atoms with E-state index in [1.807, 2.05) is 0 Å². The zero-order valence-electron chi connectivity index (χ0n) is 22.9. The maximum absolute atomic E-state index is 13.0. The van der Waals surface area contributed by atoms with E-state index in [-0.39, 0.29) is 36.8 Å². The summed E-state index contributed by atoms with van der Waals surface area (Å²) in [5.74, 6) is -0.707. The standard InChI is InChI=1S/C29H42O11/c1-26-6-3-18-19(29(26,37)9-5-17(26)15-10-21(32)38-13-15)4-8-28(36)11-16(2-7-27(18,28)14-31)39-25-24(35)23(34)22(33)20(12-30)40-25/h10,14,16-20,22-25,30,33-37H,2-9,11-13H2,1H3. The van der Waals surface area contributed by atoms with Crippen LogP contribution in [0.2, 0.25) is 0 Å². The van der Waals surface area contributed by atoms with Gasteiger partial charge in [0, 0.05) is 17.9 Å². The van der Waals surface area contributed by atoms with Crippen LogP contribution < -0.4 is 0 Å². The van der Waals surface area contributed by atoms with Crippen molar-refractivity contribution in [3.05, 3.63) is 11.6 Å². The fraction of sp³-hybridized carbons (Fsp3) is 0.862. The fourth-order valence-electron chi connectivity index (χ4n) is 9.80. The van der Waals surface area contributed by atoms with E-state index in [1.165, 1.54) is 0 Å². The zero-order chi connectivity index (χ0) is 28.7. The van der Waals surface area contributed by atoms with Gasteiger partial charge in [0.15, 0.2) is 6.29 Å². The number of cyclic esters (lactones) is 1. The third kappa shape index (κ3) is 3.85. The summed E-state index contributed by atoms with van der Waals surface area (Å²) >= 11 is 0. The number of ether oxygens (including phenoxy) is 3. The van der Waals surface area contributed by atoms with Gasteiger partial charge in [0.1, 0.15) is 37.3 Å². The second-order valence-corrected chi connectivity index (χ2v) is 13.4. The molecule has 0 aromatic carbocycles. The lowest BCUT2D eigenvalue weighted by molar-refractivity contribution is -0.322. The van der Waals surface area contributed by atoms with Crippen molar-refractivity contribution in [3.63, 3.8) is 0 Å². The molecule has 5 fully saturated rings. The number of aliphatic hydroxyl groups is 6. The van der Waals surface area contributed by atoms with E-state index in [0.717, 1.165) is 18.3 Å². The lowest BCUT2D eigenvalue weighted by Crippen LogP contribution is -2.69. The molecule has 6 rings (SSSR count). The first-order valence-electron chi connectivity index (χ1n) is 14.7. The second-order valence-electron chi connectivity index (χ2n) is 13.4. The van der Waals surface area contributed by atoms with E-state index in [2.05, 4.69) is 6.92 Å². The largest absolute Gasteiger partial charge is 0.458 e. The highest BCUT2D eigenvalue weighted by atomic mass is 16.7. The Bertz CT molecular complexity index is 1060. The SMILES string of the molecule is CC12CCC3C(CCC4(O)CC(OC5OC(CO)C(O)C(O)C5O)CCC34C=O)C1(O)CCC2C1=CC(=O)OC1. The Morgan fingerprint density at radius 3 is 2.42 bits per heavy atom. The Labute approximate surface area is 233 Å². The number of aldehydes is 1. The number of esters is 1. The molecule has 0 aromatic rings. The lowest BCUT2D eigenvalue weighted by atomic mass is 9.41. The fourth-order valence-corrected chi connectivity index (χ4v) is 9.80. The first-order chi connectivity index (χ1) is 18.9. The quantitative estimate of drug-likeness (QED) is 0.146. The van der Waals surface area contributed by atoms with Gasteiger partial charge in [-0.15, -0.1) is 0 Å². The maximum atomic E-state index is 13.0. The number of carbonyl (C=O) groups excluding carboxylic acids is 2. The molecular formula is C29H42O11. The van der Waals surface area contributed by atoms with Crippen LogP contribution in [0.15, 0.2) is 11.6 Å². The van der Waals surface area contributed by atoms with Gasteiger partial charge in [0.25, 0.3) is 0 Å². The van der Waals surface area contributed by atoms with Gasteiger partial charge in [-0.2, -0.15) is 0 Å². The minimum Gasteiger partial charge on any atom is -0.458 e. The van der Waals surface area contributed by atoms with Crippen LogP contribution in [0, 0.1) is 28.6 Å². The van der Waals surface area contributed by atoms with Crippen LogP contribution in [-0.2, 0) is 23.8 Å². The van der Waals surface area contributed by atoms with Crippen molar-refractivity contribution in [1.29, 1.82) is 0 Å². The summed E-state index contributed by atoms with van der Waals surface area (Å²) in [4.78, 5) is 24.8. The molecule has 0 aromatic heterocycles. The van der Waals surface area contributed by atoms with Crippen LogP contribution in [-0.4, -0.2) is 104 Å². The first kappa shape index (κ1) is 28.7. The van der Waals surface area contributed by atoms with Gasteiger partial charge in [-0.05, 0) is 74.7 Å². The molecule has 1 saturated heterocycles. The van der Waals surface area contributed by atoms with Crippen molar-refractivity contribution in [2.24, 2.45) is 28.6 Å². The Hall–Kier alpha value is -1.44. The van der Waals surface area contributed by atoms with Gasteiger partial charge < -0.3 is 49.6 Å². The van der Waals surface area contributed by atoms with Crippen LogP contribution in [0.5, 0.6) is 0 Å². The predicted molar refractivity (Wildman–Crippen MR) is 136 cm³/mol. The van der Waals surface area contributed by atoms with Crippen LogP contribution in [0.25, 0.3) is 0 Å². The molecule has 0 bridgehead atoms. The summed E-state index contributed by atoms with van der Waals surface area (Å²) in [5.41, 5.74) is -3.01. The molecule has 13 atom stereocenters. The van der Waals surface area contributed by atoms with E-state index >= 15 is 0 Å². The molecule has 0 radical (unpaired) electrons. The first-order valence-corrected chi connectivity index (χ1v) is 14.7. The van der Waals surface area contributed by atoms with Gasteiger partial charge >= 0.3 is 5.97 Å². The van der Waals surface area contributed by atoms with Crippen molar-refractivity contribution < 1.29 is 54.4 Å². The minimum atomic E-state index is -1.57. The molecule has 2 aliphatic heterocycles. The van der Waals surface area contributed by atoms with Crippen LogP contribution >= 0.6 is 0 Å². The van der Waals surface area contributed by atoms with Crippen molar-refractivity contribution in [3.8, 4) is 0 Å². The molecule has 4 saturated carbocycles. The molecule has 40 heavy (non-hydrogen) atoms. The molecule has 2 heterocycles. The molecule has 11 nitrogen and oxygen atoms in total. The highest BCUT2D eigenvalue weighted by molar-refractivity contribution is 5.85. The van der Waals surface area contributed by atoms with Crippen molar-refractivity contribution in [2.45, 2.75) is 113 Å². The summed E-state index contributed by atoms with van der Waals surface area (Å²) in [6.45, 7) is 1.79. The number of hydrogen-bond donors (Lipinski definition) is 6. The molecule has 0 spiro atoms. The third-order valence-electron chi connectivity index (χ3n) is 12.0. The molecule has 6 aliphatic rings. The van der Waals surface area contributed by atoms with Gasteiger partial charge in [0.05, 0.1) is 29.3 Å². The Morgan fingerprint density at radius 1 is 1.00 bits per heavy atom. The Morgan fingerprint density at radius 2 is 1.75 bits per heavy atom. The van der Waals surface area contributed by atoms with Crippen molar-refractivity contribution in [1.82, 2.24) is 0 Å². The summed E-state index contributed by atoms with van der Waals surface area (Å²) in [7, 11) is 0. The van der Waals surface area contributed by atoms with E-state index in [1.54, 1.807) is 6.08 Å². The van der Waals surface area contributed by atoms with Crippen LogP contribution in [0.3, 0.4) is 0 Å². The molecule has 6 N–H and O–H groups in total. The molecular weight excluding hydrogens is 524 g/mol. The van der Waals surface area contributed by atoms with Gasteiger partial charge in [-0.25, -0.2) is 4.79 Å². The van der Waals surface area contributed by atoms with Crippen LogP contribution in [0.1, 0.15) is 64.7 Å². The van der Waals surface area contributed by atoms with E-state index in [9.17, 15) is 40.2 Å². The topological polar surface area (TPSA) is 183 Å². The Kier molecular flexibility index (Phi) is 7.03. The summed E-state index contributed by atoms with van der Waals surface area (Å²) in [6, 6.07) is 0. The second kappa shape index (κ2) is 9.80. The molecule has 11 heteroatoms. The number of hydrogen-bond acceptors (Lipinski definition) is 11. The van der Waals surface area contributed by atoms with E-state index in [0.29, 0.717) is 44.9 Å². The maximum Gasteiger partial charge on any atom is 0.331 e. The normalized spacial score (nSPS) is 54.1. The average Bonchev–Trinajstić information content (AvgIpc) is 3.48. The predicted octanol–water partition coefficient (Wildman–Crippen LogP) is -0.278. The molecule has 0 amide bonds. The number of fused-ring (bicyclic) bond motifs is 5. The smallest absolute Gasteiger partial charge is 0.331 e. The Balaban J connectivity index is 1.22. The van der Waals surface area contributed by atoms with Crippen molar-refractivity contribution >= 4 is 12.3 Å². The third-order valence-corrected chi connectivity index (χ3v) is 12.0. The van der Waals surface area contributed by atoms with E-state index in [4.69, 9.17) is 14.2 Å². The van der Waals surface area contributed by atoms with Gasteiger partial charge in [0.2, 0.25) is 0 Å². The average molecular weight is 567 g/mol.